The Morgan fingerprint density at radius 2 is 1.81 bits per heavy atom. The van der Waals surface area contributed by atoms with E-state index >= 15 is 0 Å². The summed E-state index contributed by atoms with van der Waals surface area (Å²) < 4.78 is 16.6. The first-order chi connectivity index (χ1) is 13.0. The summed E-state index contributed by atoms with van der Waals surface area (Å²) in [5.41, 5.74) is 4.33. The van der Waals surface area contributed by atoms with Gasteiger partial charge in [0.05, 0.1) is 0 Å². The van der Waals surface area contributed by atoms with Gasteiger partial charge in [0, 0.05) is 30.7 Å². The van der Waals surface area contributed by atoms with Gasteiger partial charge in [-0.3, -0.25) is 4.79 Å². The molecular formula is C20H23ClN2O3S. The van der Waals surface area contributed by atoms with Crippen LogP contribution in [0.4, 0.5) is 5.69 Å². The first-order valence-corrected chi connectivity index (χ1v) is 9.42. The molecule has 0 aliphatic heterocycles. The molecule has 144 valence electrons. The zero-order valence-corrected chi connectivity index (χ0v) is 16.9. The van der Waals surface area contributed by atoms with Gasteiger partial charge >= 0.3 is 11.6 Å². The van der Waals surface area contributed by atoms with Crippen molar-refractivity contribution in [1.82, 2.24) is 5.32 Å². The van der Waals surface area contributed by atoms with Crippen molar-refractivity contribution in [2.24, 2.45) is 0 Å². The van der Waals surface area contributed by atoms with Crippen molar-refractivity contribution < 1.29 is 13.2 Å². The predicted molar refractivity (Wildman–Crippen MR) is 111 cm³/mol. The van der Waals surface area contributed by atoms with E-state index in [1.54, 1.807) is 0 Å². The van der Waals surface area contributed by atoms with Crippen LogP contribution in [0, 0.1) is 6.92 Å². The normalized spacial score (nSPS) is 10.0. The lowest BCUT2D eigenvalue weighted by atomic mass is 10.1. The third-order valence-corrected chi connectivity index (χ3v) is 4.21. The highest BCUT2D eigenvalue weighted by atomic mass is 35.5. The van der Waals surface area contributed by atoms with Crippen LogP contribution in [-0.2, 0) is 22.8 Å². The summed E-state index contributed by atoms with van der Waals surface area (Å²) in [7, 11) is 1.89. The first kappa shape index (κ1) is 22.6. The van der Waals surface area contributed by atoms with E-state index in [0.29, 0.717) is 13.0 Å². The number of carbonyl (C=O) groups is 1. The second-order valence-electron chi connectivity index (χ2n) is 5.73. The summed E-state index contributed by atoms with van der Waals surface area (Å²) in [5.74, 6) is 0.0549. The maximum atomic E-state index is 11.9. The van der Waals surface area contributed by atoms with E-state index in [2.05, 4.69) is 10.6 Å². The Hall–Kier alpha value is -2.44. The summed E-state index contributed by atoms with van der Waals surface area (Å²) in [6.45, 7) is 2.49. The molecule has 1 amide bonds. The molecule has 0 radical (unpaired) electrons. The van der Waals surface area contributed by atoms with Crippen LogP contribution in [-0.4, -0.2) is 27.9 Å². The third kappa shape index (κ3) is 9.17. The van der Waals surface area contributed by atoms with Crippen LogP contribution in [0.15, 0.2) is 48.5 Å². The number of amides is 1. The van der Waals surface area contributed by atoms with Gasteiger partial charge in [-0.15, -0.1) is 0 Å². The molecule has 0 atom stereocenters. The molecule has 0 aromatic heterocycles. The Bertz CT molecular complexity index is 801. The van der Waals surface area contributed by atoms with E-state index in [-0.39, 0.29) is 5.91 Å². The van der Waals surface area contributed by atoms with Gasteiger partial charge in [0.1, 0.15) is 0 Å². The third-order valence-electron chi connectivity index (χ3n) is 3.81. The van der Waals surface area contributed by atoms with Gasteiger partial charge in [0.2, 0.25) is 5.91 Å². The smallest absolute Gasteiger partial charge is 0.335 e. The Kier molecular flexibility index (Phi) is 10.7. The van der Waals surface area contributed by atoms with Crippen molar-refractivity contribution in [3.8, 4) is 0 Å². The molecule has 0 aliphatic carbocycles. The zero-order valence-electron chi connectivity index (χ0n) is 15.3. The van der Waals surface area contributed by atoms with Crippen LogP contribution in [0.25, 0.3) is 6.08 Å². The molecule has 2 aromatic rings. The highest BCUT2D eigenvalue weighted by Crippen LogP contribution is 2.17. The number of halogens is 1. The molecule has 0 spiro atoms. The lowest BCUT2D eigenvalue weighted by molar-refractivity contribution is -0.120. The number of benzene rings is 2. The SMILES string of the molecule is CNc1ccc(CCC(=O)NC/C=C/c2ccc(C)c(Cl)c2)cc1.O=S=O. The number of nitrogens with one attached hydrogen (secondary N) is 2. The summed E-state index contributed by atoms with van der Waals surface area (Å²) in [6.07, 6.45) is 5.12. The molecule has 0 unspecified atom stereocenters. The Labute approximate surface area is 168 Å². The number of hydrogen-bond acceptors (Lipinski definition) is 4. The van der Waals surface area contributed by atoms with Gasteiger partial charge in [-0.1, -0.05) is 48.0 Å². The molecule has 7 heteroatoms. The number of carbonyl (C=O) groups excluding carboxylic acids is 1. The minimum absolute atomic E-state index is 0.0549. The zero-order chi connectivity index (χ0) is 20.1. The van der Waals surface area contributed by atoms with Gasteiger partial charge in [0.25, 0.3) is 0 Å². The second kappa shape index (κ2) is 12.8. The van der Waals surface area contributed by atoms with Crippen molar-refractivity contribution in [2.45, 2.75) is 19.8 Å². The quantitative estimate of drug-likeness (QED) is 0.733. The maximum absolute atomic E-state index is 11.9. The average Bonchev–Trinajstić information content (AvgIpc) is 2.67. The maximum Gasteiger partial charge on any atom is 0.335 e. The van der Waals surface area contributed by atoms with Crippen molar-refractivity contribution in [1.29, 1.82) is 0 Å². The minimum atomic E-state index is -0.750. The van der Waals surface area contributed by atoms with E-state index in [1.807, 2.05) is 68.6 Å². The van der Waals surface area contributed by atoms with Crippen LogP contribution in [0.2, 0.25) is 5.02 Å². The molecule has 2 N–H and O–H groups in total. The Morgan fingerprint density at radius 3 is 2.41 bits per heavy atom. The number of anilines is 1. The molecule has 0 saturated heterocycles. The molecule has 0 aliphatic rings. The molecule has 2 rings (SSSR count). The van der Waals surface area contributed by atoms with E-state index in [4.69, 9.17) is 20.0 Å². The standard InChI is InChI=1S/C20H23ClN2O.O2S/c1-15-5-6-17(14-19(15)21)4-3-13-23-20(24)12-9-16-7-10-18(22-2)11-8-16;1-3-2/h3-8,10-11,14,22H,9,12-13H2,1-2H3,(H,23,24);/b4-3+;. The van der Waals surface area contributed by atoms with E-state index in [1.165, 1.54) is 0 Å². The van der Waals surface area contributed by atoms with E-state index < -0.39 is 11.6 Å². The topological polar surface area (TPSA) is 75.3 Å². The summed E-state index contributed by atoms with van der Waals surface area (Å²) in [6, 6.07) is 14.0. The lowest BCUT2D eigenvalue weighted by Gasteiger charge is -2.05. The van der Waals surface area contributed by atoms with Gasteiger partial charge < -0.3 is 10.6 Å². The van der Waals surface area contributed by atoms with Crippen LogP contribution in [0.3, 0.4) is 0 Å². The molecule has 0 bridgehead atoms. The molecule has 0 saturated carbocycles. The molecule has 0 heterocycles. The van der Waals surface area contributed by atoms with Gasteiger partial charge in [-0.25, -0.2) is 0 Å². The fourth-order valence-corrected chi connectivity index (χ4v) is 2.45. The predicted octanol–water partition coefficient (Wildman–Crippen LogP) is 3.78. The van der Waals surface area contributed by atoms with Gasteiger partial charge in [-0.05, 0) is 48.2 Å². The number of rotatable bonds is 7. The average molecular weight is 407 g/mol. The number of aryl methyl sites for hydroxylation is 2. The van der Waals surface area contributed by atoms with Crippen molar-refractivity contribution in [2.75, 3.05) is 18.9 Å². The summed E-state index contributed by atoms with van der Waals surface area (Å²) >= 11 is 5.34. The van der Waals surface area contributed by atoms with Crippen molar-refractivity contribution >= 4 is 40.8 Å². The Balaban J connectivity index is 0.00000114. The van der Waals surface area contributed by atoms with Gasteiger partial charge in [0.15, 0.2) is 0 Å². The second-order valence-corrected chi connectivity index (χ2v) is 6.27. The lowest BCUT2D eigenvalue weighted by Crippen LogP contribution is -2.23. The molecular weight excluding hydrogens is 384 g/mol. The monoisotopic (exact) mass is 406 g/mol. The molecule has 27 heavy (non-hydrogen) atoms. The molecule has 2 aromatic carbocycles. The van der Waals surface area contributed by atoms with Crippen LogP contribution in [0.5, 0.6) is 0 Å². The molecule has 5 nitrogen and oxygen atoms in total. The largest absolute Gasteiger partial charge is 0.388 e. The van der Waals surface area contributed by atoms with Gasteiger partial charge in [-0.2, -0.15) is 8.42 Å². The minimum Gasteiger partial charge on any atom is -0.388 e. The van der Waals surface area contributed by atoms with Crippen LogP contribution >= 0.6 is 11.6 Å². The first-order valence-electron chi connectivity index (χ1n) is 8.38. The highest BCUT2D eigenvalue weighted by Gasteiger charge is 2.01. The fraction of sp³-hybridized carbons (Fsp3) is 0.250. The molecule has 0 fully saturated rings. The highest BCUT2D eigenvalue weighted by molar-refractivity contribution is 7.51. The fourth-order valence-electron chi connectivity index (χ4n) is 2.26. The Morgan fingerprint density at radius 1 is 1.15 bits per heavy atom. The number of hydrogen-bond donors (Lipinski definition) is 2. The van der Waals surface area contributed by atoms with Crippen LogP contribution in [0.1, 0.15) is 23.1 Å². The van der Waals surface area contributed by atoms with Crippen LogP contribution < -0.4 is 10.6 Å². The van der Waals surface area contributed by atoms with Crippen molar-refractivity contribution in [3.63, 3.8) is 0 Å². The van der Waals surface area contributed by atoms with E-state index in [0.717, 1.165) is 33.8 Å². The van der Waals surface area contributed by atoms with E-state index in [9.17, 15) is 4.79 Å². The summed E-state index contributed by atoms with van der Waals surface area (Å²) in [5, 5.41) is 6.73. The summed E-state index contributed by atoms with van der Waals surface area (Å²) in [4.78, 5) is 11.9. The van der Waals surface area contributed by atoms with Crippen molar-refractivity contribution in [3.05, 3.63) is 70.3 Å².